The number of guanidine groups is 1. The van der Waals surface area contributed by atoms with Gasteiger partial charge in [-0.15, -0.1) is 11.3 Å². The lowest BCUT2D eigenvalue weighted by molar-refractivity contribution is 0.152. The van der Waals surface area contributed by atoms with Crippen molar-refractivity contribution in [1.29, 1.82) is 0 Å². The van der Waals surface area contributed by atoms with Gasteiger partial charge in [0.05, 0.1) is 6.54 Å². The number of aliphatic imine (C=N–C) groups is 1. The Hall–Kier alpha value is -1.83. The van der Waals surface area contributed by atoms with Crippen LogP contribution in [0.4, 0.5) is 0 Å². The minimum atomic E-state index is 0.679. The molecule has 8 heteroatoms. The predicted octanol–water partition coefficient (Wildman–Crippen LogP) is 2.88. The molecule has 2 aromatic rings. The van der Waals surface area contributed by atoms with Gasteiger partial charge in [-0.2, -0.15) is 0 Å². The summed E-state index contributed by atoms with van der Waals surface area (Å²) in [6, 6.07) is 7.50. The highest BCUT2D eigenvalue weighted by molar-refractivity contribution is 7.11. The van der Waals surface area contributed by atoms with Gasteiger partial charge in [0, 0.05) is 55.9 Å². The Kier molecular flexibility index (Phi) is 7.32. The number of piperazine rings is 1. The Balaban J connectivity index is 1.37. The molecule has 27 heavy (non-hydrogen) atoms. The normalized spacial score (nSPS) is 15.8. The molecule has 1 N–H and O–H groups in total. The van der Waals surface area contributed by atoms with E-state index in [-0.39, 0.29) is 0 Å². The Morgan fingerprint density at radius 1 is 1.26 bits per heavy atom. The summed E-state index contributed by atoms with van der Waals surface area (Å²) in [5.41, 5.74) is 0. The molecule has 2 heterocycles. The van der Waals surface area contributed by atoms with Crippen LogP contribution in [0.3, 0.4) is 0 Å². The number of hydrogen-bond acceptors (Lipinski definition) is 5. The van der Waals surface area contributed by atoms with E-state index in [0.717, 1.165) is 61.0 Å². The molecule has 1 aliphatic heterocycles. The summed E-state index contributed by atoms with van der Waals surface area (Å²) < 4.78 is 5.79. The zero-order chi connectivity index (χ0) is 19.1. The lowest BCUT2D eigenvalue weighted by Gasteiger charge is -2.36. The lowest BCUT2D eigenvalue weighted by Crippen LogP contribution is -2.52. The number of benzene rings is 1. The summed E-state index contributed by atoms with van der Waals surface area (Å²) in [5, 5.41) is 5.24. The van der Waals surface area contributed by atoms with Crippen LogP contribution in [0, 0.1) is 6.92 Å². The van der Waals surface area contributed by atoms with Crippen LogP contribution in [-0.2, 0) is 6.54 Å². The Bertz CT molecular complexity index is 741. The van der Waals surface area contributed by atoms with Crippen LogP contribution in [0.1, 0.15) is 9.88 Å². The van der Waals surface area contributed by atoms with E-state index in [4.69, 9.17) is 16.3 Å². The molecule has 0 aliphatic carbocycles. The van der Waals surface area contributed by atoms with E-state index >= 15 is 0 Å². The van der Waals surface area contributed by atoms with Crippen molar-refractivity contribution < 1.29 is 4.74 Å². The van der Waals surface area contributed by atoms with Crippen LogP contribution in [0.25, 0.3) is 0 Å². The Morgan fingerprint density at radius 2 is 2.00 bits per heavy atom. The standard InChI is InChI=1S/C19H26ClN5OS/c1-15-13-22-18(27-15)14-23-19(21-2)25-9-7-24(8-10-25)11-12-26-17-5-3-16(20)4-6-17/h3-6,13H,7-12,14H2,1-2H3,(H,21,23). The first-order chi connectivity index (χ1) is 13.1. The summed E-state index contributed by atoms with van der Waals surface area (Å²) in [4.78, 5) is 14.8. The minimum Gasteiger partial charge on any atom is -0.492 e. The fourth-order valence-corrected chi connectivity index (χ4v) is 3.83. The molecule has 0 atom stereocenters. The lowest BCUT2D eigenvalue weighted by atomic mass is 10.3. The molecule has 1 aromatic heterocycles. The largest absolute Gasteiger partial charge is 0.492 e. The number of aromatic nitrogens is 1. The fraction of sp³-hybridized carbons (Fsp3) is 0.474. The third-order valence-electron chi connectivity index (χ3n) is 4.44. The number of ether oxygens (including phenoxy) is 1. The molecule has 0 amide bonds. The van der Waals surface area contributed by atoms with Crippen molar-refractivity contribution in [3.05, 3.63) is 45.4 Å². The van der Waals surface area contributed by atoms with Crippen LogP contribution >= 0.6 is 22.9 Å². The van der Waals surface area contributed by atoms with E-state index in [1.807, 2.05) is 37.5 Å². The first-order valence-corrected chi connectivity index (χ1v) is 10.3. The molecule has 6 nitrogen and oxygen atoms in total. The third kappa shape index (κ3) is 6.09. The maximum absolute atomic E-state index is 5.89. The smallest absolute Gasteiger partial charge is 0.194 e. The average molecular weight is 408 g/mol. The number of halogens is 1. The van der Waals surface area contributed by atoms with Gasteiger partial charge in [-0.25, -0.2) is 4.98 Å². The minimum absolute atomic E-state index is 0.679. The second kappa shape index (κ2) is 9.92. The van der Waals surface area contributed by atoms with Gasteiger partial charge in [-0.05, 0) is 31.2 Å². The maximum Gasteiger partial charge on any atom is 0.194 e. The summed E-state index contributed by atoms with van der Waals surface area (Å²) in [6.07, 6.45) is 1.91. The van der Waals surface area contributed by atoms with Gasteiger partial charge in [-0.1, -0.05) is 11.6 Å². The molecule has 0 bridgehead atoms. The molecular weight excluding hydrogens is 382 g/mol. The zero-order valence-corrected chi connectivity index (χ0v) is 17.4. The molecule has 1 aromatic carbocycles. The van der Waals surface area contributed by atoms with Gasteiger partial charge >= 0.3 is 0 Å². The van der Waals surface area contributed by atoms with E-state index in [2.05, 4.69) is 32.0 Å². The van der Waals surface area contributed by atoms with Crippen molar-refractivity contribution in [3.8, 4) is 5.75 Å². The van der Waals surface area contributed by atoms with Crippen molar-refractivity contribution in [3.63, 3.8) is 0 Å². The second-order valence-corrected chi connectivity index (χ2v) is 8.15. The summed E-state index contributed by atoms with van der Waals surface area (Å²) in [6.45, 7) is 8.31. The van der Waals surface area contributed by atoms with E-state index < -0.39 is 0 Å². The number of nitrogens with one attached hydrogen (secondary N) is 1. The number of nitrogens with zero attached hydrogens (tertiary/aromatic N) is 4. The first kappa shape index (κ1) is 19.9. The van der Waals surface area contributed by atoms with E-state index in [1.165, 1.54) is 4.88 Å². The molecule has 1 saturated heterocycles. The molecule has 1 aliphatic rings. The van der Waals surface area contributed by atoms with Gasteiger partial charge in [0.2, 0.25) is 0 Å². The number of aryl methyl sites for hydroxylation is 1. The van der Waals surface area contributed by atoms with Crippen molar-refractivity contribution in [2.24, 2.45) is 4.99 Å². The topological polar surface area (TPSA) is 53.0 Å². The summed E-state index contributed by atoms with van der Waals surface area (Å²) >= 11 is 7.61. The van der Waals surface area contributed by atoms with Crippen LogP contribution in [0.5, 0.6) is 5.75 Å². The highest BCUT2D eigenvalue weighted by Gasteiger charge is 2.19. The number of rotatable bonds is 6. The Morgan fingerprint density at radius 3 is 2.63 bits per heavy atom. The van der Waals surface area contributed by atoms with Gasteiger partial charge in [-0.3, -0.25) is 9.89 Å². The SMILES string of the molecule is CN=C(NCc1ncc(C)s1)N1CCN(CCOc2ccc(Cl)cc2)CC1. The van der Waals surface area contributed by atoms with Crippen molar-refractivity contribution >= 4 is 28.9 Å². The quantitative estimate of drug-likeness (QED) is 0.589. The molecule has 3 rings (SSSR count). The third-order valence-corrected chi connectivity index (χ3v) is 5.61. The van der Waals surface area contributed by atoms with E-state index in [1.54, 1.807) is 11.3 Å². The molecular formula is C19H26ClN5OS. The Labute approximate surface area is 169 Å². The molecule has 0 spiro atoms. The number of hydrogen-bond donors (Lipinski definition) is 1. The highest BCUT2D eigenvalue weighted by atomic mass is 35.5. The van der Waals surface area contributed by atoms with Gasteiger partial charge in [0.15, 0.2) is 5.96 Å². The summed E-state index contributed by atoms with van der Waals surface area (Å²) in [5.74, 6) is 1.81. The van der Waals surface area contributed by atoms with Gasteiger partial charge in [0.1, 0.15) is 17.4 Å². The van der Waals surface area contributed by atoms with Crippen molar-refractivity contribution in [2.75, 3.05) is 46.4 Å². The molecule has 0 saturated carbocycles. The summed E-state index contributed by atoms with van der Waals surface area (Å²) in [7, 11) is 1.84. The molecule has 146 valence electrons. The molecule has 0 radical (unpaired) electrons. The second-order valence-electron chi connectivity index (χ2n) is 6.40. The van der Waals surface area contributed by atoms with Gasteiger partial charge in [0.25, 0.3) is 0 Å². The fourth-order valence-electron chi connectivity index (χ4n) is 2.98. The van der Waals surface area contributed by atoms with Crippen LogP contribution < -0.4 is 10.1 Å². The van der Waals surface area contributed by atoms with Gasteiger partial charge < -0.3 is 15.0 Å². The highest BCUT2D eigenvalue weighted by Crippen LogP contribution is 2.15. The van der Waals surface area contributed by atoms with Crippen LogP contribution in [0.2, 0.25) is 5.02 Å². The van der Waals surface area contributed by atoms with E-state index in [9.17, 15) is 0 Å². The van der Waals surface area contributed by atoms with Crippen LogP contribution in [0.15, 0.2) is 35.5 Å². The van der Waals surface area contributed by atoms with Crippen molar-refractivity contribution in [2.45, 2.75) is 13.5 Å². The first-order valence-electron chi connectivity index (χ1n) is 9.11. The van der Waals surface area contributed by atoms with Crippen molar-refractivity contribution in [1.82, 2.24) is 20.1 Å². The van der Waals surface area contributed by atoms with E-state index in [0.29, 0.717) is 6.61 Å². The number of thiazole rings is 1. The van der Waals surface area contributed by atoms with Crippen LogP contribution in [-0.4, -0.2) is 67.1 Å². The molecule has 1 fully saturated rings. The average Bonchev–Trinajstić information content (AvgIpc) is 3.10. The molecule has 0 unspecified atom stereocenters. The predicted molar refractivity (Wildman–Crippen MR) is 112 cm³/mol. The maximum atomic E-state index is 5.89. The monoisotopic (exact) mass is 407 g/mol. The zero-order valence-electron chi connectivity index (χ0n) is 15.8.